The minimum Gasteiger partial charge on any atom is -0.464 e. The van der Waals surface area contributed by atoms with Crippen molar-refractivity contribution < 1.29 is 9.53 Å². The van der Waals surface area contributed by atoms with Gasteiger partial charge in [0.2, 0.25) is 5.95 Å². The van der Waals surface area contributed by atoms with Crippen LogP contribution in [-0.2, 0) is 11.3 Å². The molecule has 0 bridgehead atoms. The Morgan fingerprint density at radius 1 is 1.10 bits per heavy atom. The second-order valence-electron chi connectivity index (χ2n) is 6.50. The molecule has 0 fully saturated rings. The van der Waals surface area contributed by atoms with Crippen LogP contribution in [0.3, 0.4) is 0 Å². The fraction of sp³-hybridized carbons (Fsp3) is 0.0952. The first kappa shape index (κ1) is 19.7. The summed E-state index contributed by atoms with van der Waals surface area (Å²) >= 11 is 0. The maximum absolute atomic E-state index is 11.7. The molecule has 3 heterocycles. The van der Waals surface area contributed by atoms with Gasteiger partial charge in [0.15, 0.2) is 0 Å². The molecule has 1 aromatic carbocycles. The standard InChI is InChI=1S/C21H16N8O2/c1-31-20(30)16-7-3-6-15(24-16)11-29-12-19(27-28-29)18-9-17(25-21(23)26-18)14-5-2-4-13(8-14)10-22/h2-9,12H,11H2,1H3,(H2,23,25,26). The normalized spacial score (nSPS) is 10.5. The predicted molar refractivity (Wildman–Crippen MR) is 110 cm³/mol. The van der Waals surface area contributed by atoms with E-state index in [1.807, 2.05) is 6.07 Å². The Hall–Kier alpha value is -4.65. The van der Waals surface area contributed by atoms with Gasteiger partial charge >= 0.3 is 5.97 Å². The number of nitriles is 1. The number of pyridine rings is 1. The highest BCUT2D eigenvalue weighted by molar-refractivity contribution is 5.87. The summed E-state index contributed by atoms with van der Waals surface area (Å²) in [7, 11) is 1.30. The van der Waals surface area contributed by atoms with Gasteiger partial charge in [-0.15, -0.1) is 5.10 Å². The molecular formula is C21H16N8O2. The summed E-state index contributed by atoms with van der Waals surface area (Å²) in [6.07, 6.45) is 1.70. The number of anilines is 1. The van der Waals surface area contributed by atoms with E-state index >= 15 is 0 Å². The second kappa shape index (κ2) is 8.38. The number of carbonyl (C=O) groups excluding carboxylic acids is 1. The van der Waals surface area contributed by atoms with Crippen LogP contribution in [0.25, 0.3) is 22.6 Å². The predicted octanol–water partition coefficient (Wildman–Crippen LogP) is 2.09. The highest BCUT2D eigenvalue weighted by Crippen LogP contribution is 2.24. The van der Waals surface area contributed by atoms with Gasteiger partial charge in [-0.3, -0.25) is 0 Å². The molecule has 0 unspecified atom stereocenters. The molecule has 2 N–H and O–H groups in total. The molecule has 0 radical (unpaired) electrons. The summed E-state index contributed by atoms with van der Waals surface area (Å²) in [6.45, 7) is 0.301. The van der Waals surface area contributed by atoms with Gasteiger partial charge in [0.05, 0.1) is 48.6 Å². The molecular weight excluding hydrogens is 396 g/mol. The average molecular weight is 412 g/mol. The van der Waals surface area contributed by atoms with Gasteiger partial charge in [0, 0.05) is 5.56 Å². The SMILES string of the molecule is COC(=O)c1cccc(Cn2cc(-c3cc(-c4cccc(C#N)c4)nc(N)n3)nn2)n1. The Morgan fingerprint density at radius 3 is 2.71 bits per heavy atom. The molecule has 0 spiro atoms. The number of hydrogen-bond acceptors (Lipinski definition) is 9. The molecule has 4 aromatic rings. The lowest BCUT2D eigenvalue weighted by atomic mass is 10.1. The number of carbonyl (C=O) groups is 1. The average Bonchev–Trinajstić information content (AvgIpc) is 3.27. The fourth-order valence-corrected chi connectivity index (χ4v) is 2.94. The highest BCUT2D eigenvalue weighted by Gasteiger charge is 2.12. The Kier molecular flexibility index (Phi) is 5.31. The lowest BCUT2D eigenvalue weighted by molar-refractivity contribution is 0.0593. The van der Waals surface area contributed by atoms with Crippen molar-refractivity contribution in [2.24, 2.45) is 0 Å². The molecule has 31 heavy (non-hydrogen) atoms. The number of rotatable bonds is 5. The van der Waals surface area contributed by atoms with Gasteiger partial charge in [-0.1, -0.05) is 23.4 Å². The Balaban J connectivity index is 1.61. The lowest BCUT2D eigenvalue weighted by Gasteiger charge is -2.05. The molecule has 10 heteroatoms. The third-order valence-corrected chi connectivity index (χ3v) is 4.36. The first-order chi connectivity index (χ1) is 15.1. The summed E-state index contributed by atoms with van der Waals surface area (Å²) in [4.78, 5) is 24.4. The van der Waals surface area contributed by atoms with Gasteiger partial charge < -0.3 is 10.5 Å². The van der Waals surface area contributed by atoms with Gasteiger partial charge in [0.25, 0.3) is 0 Å². The largest absolute Gasteiger partial charge is 0.464 e. The van der Waals surface area contributed by atoms with E-state index in [0.29, 0.717) is 34.9 Å². The maximum Gasteiger partial charge on any atom is 0.356 e. The van der Waals surface area contributed by atoms with E-state index in [-0.39, 0.29) is 11.6 Å². The first-order valence-electron chi connectivity index (χ1n) is 9.15. The van der Waals surface area contributed by atoms with Crippen LogP contribution in [0.1, 0.15) is 21.7 Å². The third-order valence-electron chi connectivity index (χ3n) is 4.36. The zero-order valence-corrected chi connectivity index (χ0v) is 16.4. The summed E-state index contributed by atoms with van der Waals surface area (Å²) < 4.78 is 6.27. The highest BCUT2D eigenvalue weighted by atomic mass is 16.5. The van der Waals surface area contributed by atoms with Crippen LogP contribution in [0.5, 0.6) is 0 Å². The van der Waals surface area contributed by atoms with E-state index in [1.54, 1.807) is 53.3 Å². The van der Waals surface area contributed by atoms with E-state index in [1.165, 1.54) is 7.11 Å². The van der Waals surface area contributed by atoms with Crippen molar-refractivity contribution in [1.82, 2.24) is 29.9 Å². The zero-order valence-electron chi connectivity index (χ0n) is 16.4. The van der Waals surface area contributed by atoms with Crippen LogP contribution in [0.15, 0.2) is 54.7 Å². The number of ether oxygens (including phenoxy) is 1. The number of esters is 1. The molecule has 10 nitrogen and oxygen atoms in total. The minimum atomic E-state index is -0.509. The second-order valence-corrected chi connectivity index (χ2v) is 6.50. The van der Waals surface area contributed by atoms with Crippen LogP contribution in [0.2, 0.25) is 0 Å². The molecule has 0 aliphatic rings. The van der Waals surface area contributed by atoms with Gasteiger partial charge in [-0.2, -0.15) is 5.26 Å². The van der Waals surface area contributed by atoms with E-state index in [4.69, 9.17) is 15.7 Å². The number of methoxy groups -OCH3 is 1. The van der Waals surface area contributed by atoms with Crippen LogP contribution in [0.4, 0.5) is 5.95 Å². The minimum absolute atomic E-state index is 0.0804. The maximum atomic E-state index is 11.7. The lowest BCUT2D eigenvalue weighted by Crippen LogP contribution is -2.08. The summed E-state index contributed by atoms with van der Waals surface area (Å²) in [6, 6.07) is 16.0. The van der Waals surface area contributed by atoms with Crippen molar-refractivity contribution in [1.29, 1.82) is 5.26 Å². The molecule has 3 aromatic heterocycles. The number of nitrogen functional groups attached to an aromatic ring is 1. The topological polar surface area (TPSA) is 145 Å². The number of hydrogen-bond donors (Lipinski definition) is 1. The van der Waals surface area contributed by atoms with Crippen molar-refractivity contribution in [3.05, 3.63) is 71.7 Å². The number of benzene rings is 1. The fourth-order valence-electron chi connectivity index (χ4n) is 2.94. The zero-order chi connectivity index (χ0) is 21.8. The van der Waals surface area contributed by atoms with Crippen LogP contribution >= 0.6 is 0 Å². The molecule has 0 aliphatic carbocycles. The number of nitrogens with two attached hydrogens (primary N) is 1. The van der Waals surface area contributed by atoms with Gasteiger partial charge in [-0.25, -0.2) is 24.4 Å². The van der Waals surface area contributed by atoms with E-state index in [2.05, 4.69) is 31.3 Å². The molecule has 0 atom stereocenters. The molecule has 152 valence electrons. The van der Waals surface area contributed by atoms with E-state index in [9.17, 15) is 4.79 Å². The summed E-state index contributed by atoms with van der Waals surface area (Å²) in [5, 5.41) is 17.4. The number of nitrogens with zero attached hydrogens (tertiary/aromatic N) is 7. The first-order valence-corrected chi connectivity index (χ1v) is 9.15. The van der Waals surface area contributed by atoms with Crippen molar-refractivity contribution in [3.8, 4) is 28.7 Å². The van der Waals surface area contributed by atoms with Crippen LogP contribution in [-0.4, -0.2) is 43.0 Å². The monoisotopic (exact) mass is 412 g/mol. The van der Waals surface area contributed by atoms with E-state index < -0.39 is 5.97 Å². The summed E-state index contributed by atoms with van der Waals surface area (Å²) in [5.74, 6) is -0.428. The Bertz CT molecular complexity index is 1310. The van der Waals surface area contributed by atoms with Crippen molar-refractivity contribution in [3.63, 3.8) is 0 Å². The molecule has 4 rings (SSSR count). The van der Waals surface area contributed by atoms with E-state index in [0.717, 1.165) is 5.56 Å². The van der Waals surface area contributed by atoms with Gasteiger partial charge in [0.1, 0.15) is 11.4 Å². The van der Waals surface area contributed by atoms with Gasteiger partial charge in [-0.05, 0) is 30.3 Å². The molecule has 0 amide bonds. The third kappa shape index (κ3) is 4.35. The smallest absolute Gasteiger partial charge is 0.356 e. The molecule has 0 aliphatic heterocycles. The molecule has 0 saturated carbocycles. The summed E-state index contributed by atoms with van der Waals surface area (Å²) in [5.41, 5.74) is 9.55. The van der Waals surface area contributed by atoms with Crippen molar-refractivity contribution >= 4 is 11.9 Å². The molecule has 0 saturated heterocycles. The Morgan fingerprint density at radius 2 is 1.90 bits per heavy atom. The van der Waals surface area contributed by atoms with Crippen molar-refractivity contribution in [2.75, 3.05) is 12.8 Å². The Labute approximate surface area is 177 Å². The van der Waals surface area contributed by atoms with Crippen molar-refractivity contribution in [2.45, 2.75) is 6.54 Å². The quantitative estimate of drug-likeness (QED) is 0.487. The number of aromatic nitrogens is 6. The van der Waals surface area contributed by atoms with Crippen LogP contribution in [0, 0.1) is 11.3 Å². The van der Waals surface area contributed by atoms with Crippen LogP contribution < -0.4 is 5.73 Å².